The van der Waals surface area contributed by atoms with E-state index >= 15 is 0 Å². The third-order valence-electron chi connectivity index (χ3n) is 3.23. The molecule has 1 unspecified atom stereocenters. The average molecular weight is 270 g/mol. The van der Waals surface area contributed by atoms with Crippen molar-refractivity contribution in [3.8, 4) is 5.88 Å². The fourth-order valence-electron chi connectivity index (χ4n) is 2.10. The highest BCUT2D eigenvalue weighted by atomic mass is 32.2. The molecule has 0 saturated carbocycles. The van der Waals surface area contributed by atoms with E-state index in [-0.39, 0.29) is 17.0 Å². The van der Waals surface area contributed by atoms with Crippen LogP contribution < -0.4 is 10.1 Å². The average Bonchev–Trinajstić information content (AvgIpc) is 2.62. The van der Waals surface area contributed by atoms with Crippen molar-refractivity contribution in [2.24, 2.45) is 0 Å². The van der Waals surface area contributed by atoms with E-state index in [1.165, 1.54) is 0 Å². The van der Waals surface area contributed by atoms with Gasteiger partial charge in [-0.15, -0.1) is 0 Å². The molecule has 0 radical (unpaired) electrons. The first-order chi connectivity index (χ1) is 8.42. The number of nitrogens with zero attached hydrogens (tertiary/aromatic N) is 1. The highest BCUT2D eigenvalue weighted by molar-refractivity contribution is 7.91. The summed E-state index contributed by atoms with van der Waals surface area (Å²) in [5.74, 6) is 1.06. The second kappa shape index (κ2) is 4.85. The predicted octanol–water partition coefficient (Wildman–Crippen LogP) is 0.757. The standard InChI is InChI=1S/C12H18N2O3S/c1-12(5-6-18(15,16)9-12)14-8-10-3-4-11(17-2)13-7-10/h3-4,7,14H,5-6,8-9H2,1-2H3. The second-order valence-corrected chi connectivity index (χ2v) is 7.15. The third kappa shape index (κ3) is 3.20. The number of methoxy groups -OCH3 is 1. The van der Waals surface area contributed by atoms with Crippen molar-refractivity contribution >= 4 is 9.84 Å². The van der Waals surface area contributed by atoms with Crippen LogP contribution in [-0.4, -0.2) is 37.6 Å². The number of ether oxygens (including phenoxy) is 1. The highest BCUT2D eigenvalue weighted by Gasteiger charge is 2.37. The molecule has 0 aromatic carbocycles. The van der Waals surface area contributed by atoms with E-state index in [0.29, 0.717) is 18.8 Å². The molecule has 18 heavy (non-hydrogen) atoms. The van der Waals surface area contributed by atoms with Crippen LogP contribution in [0, 0.1) is 0 Å². The van der Waals surface area contributed by atoms with Gasteiger partial charge in [0.05, 0.1) is 18.6 Å². The summed E-state index contributed by atoms with van der Waals surface area (Å²) in [6.45, 7) is 2.57. The van der Waals surface area contributed by atoms with Gasteiger partial charge in [-0.2, -0.15) is 0 Å². The van der Waals surface area contributed by atoms with Gasteiger partial charge in [-0.3, -0.25) is 0 Å². The Labute approximate surface area is 107 Å². The van der Waals surface area contributed by atoms with Crippen molar-refractivity contribution < 1.29 is 13.2 Å². The molecule has 1 aliphatic rings. The maximum Gasteiger partial charge on any atom is 0.212 e. The summed E-state index contributed by atoms with van der Waals surface area (Å²) < 4.78 is 27.9. The van der Waals surface area contributed by atoms with Gasteiger partial charge in [-0.1, -0.05) is 6.07 Å². The molecule has 1 aromatic heterocycles. The van der Waals surface area contributed by atoms with E-state index in [4.69, 9.17) is 4.74 Å². The Hall–Kier alpha value is -1.14. The fraction of sp³-hybridized carbons (Fsp3) is 0.583. The van der Waals surface area contributed by atoms with Crippen LogP contribution in [-0.2, 0) is 16.4 Å². The van der Waals surface area contributed by atoms with E-state index in [9.17, 15) is 8.42 Å². The van der Waals surface area contributed by atoms with Crippen molar-refractivity contribution in [3.63, 3.8) is 0 Å². The van der Waals surface area contributed by atoms with Gasteiger partial charge in [-0.25, -0.2) is 13.4 Å². The molecule has 2 heterocycles. The maximum atomic E-state index is 11.5. The molecule has 1 fully saturated rings. The molecule has 6 heteroatoms. The zero-order chi connectivity index (χ0) is 13.2. The van der Waals surface area contributed by atoms with E-state index in [1.54, 1.807) is 19.4 Å². The Balaban J connectivity index is 1.95. The Kier molecular flexibility index (Phi) is 3.59. The molecular weight excluding hydrogens is 252 g/mol. The SMILES string of the molecule is COc1ccc(CNC2(C)CCS(=O)(=O)C2)cn1. The molecule has 1 N–H and O–H groups in total. The van der Waals surface area contributed by atoms with Gasteiger partial charge in [0.25, 0.3) is 0 Å². The summed E-state index contributed by atoms with van der Waals surface area (Å²) in [6, 6.07) is 3.72. The lowest BCUT2D eigenvalue weighted by molar-refractivity contribution is 0.390. The lowest BCUT2D eigenvalue weighted by Gasteiger charge is -2.23. The Bertz CT molecular complexity index is 513. The summed E-state index contributed by atoms with van der Waals surface area (Å²) >= 11 is 0. The minimum Gasteiger partial charge on any atom is -0.481 e. The molecule has 1 aromatic rings. The number of pyridine rings is 1. The minimum atomic E-state index is -2.87. The van der Waals surface area contributed by atoms with Gasteiger partial charge < -0.3 is 10.1 Å². The van der Waals surface area contributed by atoms with Gasteiger partial charge in [0.15, 0.2) is 9.84 Å². The lowest BCUT2D eigenvalue weighted by atomic mass is 10.0. The molecule has 100 valence electrons. The molecule has 5 nitrogen and oxygen atoms in total. The van der Waals surface area contributed by atoms with Crippen LogP contribution in [0.1, 0.15) is 18.9 Å². The maximum absolute atomic E-state index is 11.5. The van der Waals surface area contributed by atoms with Crippen molar-refractivity contribution in [2.45, 2.75) is 25.4 Å². The van der Waals surface area contributed by atoms with Crippen molar-refractivity contribution in [2.75, 3.05) is 18.6 Å². The molecule has 1 aliphatic heterocycles. The lowest BCUT2D eigenvalue weighted by Crippen LogP contribution is -2.42. The monoisotopic (exact) mass is 270 g/mol. The molecule has 1 saturated heterocycles. The second-order valence-electron chi connectivity index (χ2n) is 4.97. The third-order valence-corrected chi connectivity index (χ3v) is 5.13. The largest absolute Gasteiger partial charge is 0.481 e. The molecule has 0 aliphatic carbocycles. The fourth-order valence-corrected chi connectivity index (χ4v) is 4.22. The molecule has 1 atom stereocenters. The highest BCUT2D eigenvalue weighted by Crippen LogP contribution is 2.23. The van der Waals surface area contributed by atoms with Crippen molar-refractivity contribution in [1.82, 2.24) is 10.3 Å². The van der Waals surface area contributed by atoms with Crippen LogP contribution in [0.4, 0.5) is 0 Å². The smallest absolute Gasteiger partial charge is 0.212 e. The molecule has 0 bridgehead atoms. The quantitative estimate of drug-likeness (QED) is 0.874. The summed E-state index contributed by atoms with van der Waals surface area (Å²) in [5.41, 5.74) is 0.694. The van der Waals surface area contributed by atoms with Crippen molar-refractivity contribution in [1.29, 1.82) is 0 Å². The molecule has 2 rings (SSSR count). The topological polar surface area (TPSA) is 68.3 Å². The zero-order valence-corrected chi connectivity index (χ0v) is 11.5. The van der Waals surface area contributed by atoms with Gasteiger partial charge in [0.1, 0.15) is 0 Å². The van der Waals surface area contributed by atoms with Crippen LogP contribution in [0.15, 0.2) is 18.3 Å². The van der Waals surface area contributed by atoms with Gasteiger partial charge in [0, 0.05) is 24.3 Å². The number of rotatable bonds is 4. The van der Waals surface area contributed by atoms with E-state index in [0.717, 1.165) is 5.56 Å². The molecule has 0 spiro atoms. The number of nitrogens with one attached hydrogen (secondary N) is 1. The van der Waals surface area contributed by atoms with Gasteiger partial charge in [-0.05, 0) is 18.9 Å². The van der Waals surface area contributed by atoms with Crippen LogP contribution in [0.3, 0.4) is 0 Å². The van der Waals surface area contributed by atoms with Gasteiger partial charge in [0.2, 0.25) is 5.88 Å². The minimum absolute atomic E-state index is 0.212. The number of hydrogen-bond acceptors (Lipinski definition) is 5. The number of sulfone groups is 1. The van der Waals surface area contributed by atoms with Crippen LogP contribution in [0.5, 0.6) is 5.88 Å². The Morgan fingerprint density at radius 3 is 2.78 bits per heavy atom. The van der Waals surface area contributed by atoms with Crippen LogP contribution in [0.25, 0.3) is 0 Å². The number of aromatic nitrogens is 1. The predicted molar refractivity (Wildman–Crippen MR) is 69.3 cm³/mol. The summed E-state index contributed by atoms with van der Waals surface area (Å²) in [5, 5.41) is 3.31. The number of hydrogen-bond donors (Lipinski definition) is 1. The van der Waals surface area contributed by atoms with E-state index in [2.05, 4.69) is 10.3 Å². The summed E-state index contributed by atoms with van der Waals surface area (Å²) in [4.78, 5) is 4.11. The first-order valence-electron chi connectivity index (χ1n) is 5.87. The van der Waals surface area contributed by atoms with E-state index in [1.807, 2.05) is 13.0 Å². The molecular formula is C12H18N2O3S. The first-order valence-corrected chi connectivity index (χ1v) is 7.69. The summed E-state index contributed by atoms with van der Waals surface area (Å²) in [7, 11) is -1.29. The molecule has 0 amide bonds. The zero-order valence-electron chi connectivity index (χ0n) is 10.6. The van der Waals surface area contributed by atoms with Crippen LogP contribution in [0.2, 0.25) is 0 Å². The van der Waals surface area contributed by atoms with E-state index < -0.39 is 9.84 Å². The van der Waals surface area contributed by atoms with Crippen LogP contribution >= 0.6 is 0 Å². The van der Waals surface area contributed by atoms with Crippen molar-refractivity contribution in [3.05, 3.63) is 23.9 Å². The normalized spacial score (nSPS) is 26.1. The Morgan fingerprint density at radius 1 is 1.50 bits per heavy atom. The first kappa shape index (κ1) is 13.3. The summed E-state index contributed by atoms with van der Waals surface area (Å²) in [6.07, 6.45) is 2.40. The van der Waals surface area contributed by atoms with Gasteiger partial charge >= 0.3 is 0 Å². The Morgan fingerprint density at radius 2 is 2.28 bits per heavy atom.